The summed E-state index contributed by atoms with van der Waals surface area (Å²) < 4.78 is 0. The van der Waals surface area contributed by atoms with Crippen LogP contribution in [0.25, 0.3) is 0 Å². The average molecular weight is 260 g/mol. The largest absolute Gasteiger partial charge is 0.342 e. The molecule has 0 spiro atoms. The van der Waals surface area contributed by atoms with E-state index in [4.69, 9.17) is 0 Å². The molecule has 2 rings (SSSR count). The molecule has 1 unspecified atom stereocenters. The zero-order chi connectivity index (χ0) is 13.7. The standard InChI is InChI=1S/C16H24N2O/c1-13(17-2)15-8-4-3-7-14(15)10-12-18-11-6-5-9-16(18)19/h3-4,7-8,13,17H,5-6,9-12H2,1-2H3. The first kappa shape index (κ1) is 14.1. The summed E-state index contributed by atoms with van der Waals surface area (Å²) in [7, 11) is 1.98. The Morgan fingerprint density at radius 2 is 2.11 bits per heavy atom. The molecule has 1 N–H and O–H groups in total. The van der Waals surface area contributed by atoms with Crippen LogP contribution in [0, 0.1) is 0 Å². The number of nitrogens with one attached hydrogen (secondary N) is 1. The van der Waals surface area contributed by atoms with Gasteiger partial charge in [-0.1, -0.05) is 24.3 Å². The Morgan fingerprint density at radius 3 is 2.84 bits per heavy atom. The van der Waals surface area contributed by atoms with E-state index in [0.29, 0.717) is 11.9 Å². The van der Waals surface area contributed by atoms with Crippen LogP contribution in [0.3, 0.4) is 0 Å². The molecule has 1 amide bonds. The van der Waals surface area contributed by atoms with Gasteiger partial charge in [-0.3, -0.25) is 4.79 Å². The fourth-order valence-electron chi connectivity index (χ4n) is 2.69. The highest BCUT2D eigenvalue weighted by Crippen LogP contribution is 2.19. The second kappa shape index (κ2) is 6.71. The van der Waals surface area contributed by atoms with Crippen molar-refractivity contribution in [3.63, 3.8) is 0 Å². The maximum absolute atomic E-state index is 11.8. The third-order valence-electron chi connectivity index (χ3n) is 4.03. The van der Waals surface area contributed by atoms with Gasteiger partial charge < -0.3 is 10.2 Å². The summed E-state index contributed by atoms with van der Waals surface area (Å²) in [4.78, 5) is 13.8. The second-order valence-corrected chi connectivity index (χ2v) is 5.30. The van der Waals surface area contributed by atoms with Crippen LogP contribution in [0.5, 0.6) is 0 Å². The molecule has 104 valence electrons. The van der Waals surface area contributed by atoms with Crippen molar-refractivity contribution in [2.45, 2.75) is 38.6 Å². The summed E-state index contributed by atoms with van der Waals surface area (Å²) in [6.45, 7) is 3.96. The molecule has 0 radical (unpaired) electrons. The minimum absolute atomic E-state index is 0.324. The van der Waals surface area contributed by atoms with Gasteiger partial charge in [0, 0.05) is 25.6 Å². The number of benzene rings is 1. The number of likely N-dealkylation sites (tertiary alicyclic amines) is 1. The van der Waals surface area contributed by atoms with Crippen LogP contribution < -0.4 is 5.32 Å². The lowest BCUT2D eigenvalue weighted by molar-refractivity contribution is -0.133. The van der Waals surface area contributed by atoms with E-state index >= 15 is 0 Å². The highest BCUT2D eigenvalue weighted by Gasteiger charge is 2.18. The van der Waals surface area contributed by atoms with E-state index in [2.05, 4.69) is 36.5 Å². The van der Waals surface area contributed by atoms with Gasteiger partial charge in [0.05, 0.1) is 0 Å². The molecule has 0 aliphatic carbocycles. The van der Waals surface area contributed by atoms with Crippen LogP contribution in [-0.4, -0.2) is 30.9 Å². The van der Waals surface area contributed by atoms with E-state index in [1.54, 1.807) is 0 Å². The molecule has 3 heteroatoms. The molecule has 1 saturated heterocycles. The van der Waals surface area contributed by atoms with Crippen molar-refractivity contribution in [1.29, 1.82) is 0 Å². The molecule has 1 aliphatic rings. The smallest absolute Gasteiger partial charge is 0.222 e. The molecule has 19 heavy (non-hydrogen) atoms. The van der Waals surface area contributed by atoms with Crippen molar-refractivity contribution in [2.75, 3.05) is 20.1 Å². The summed E-state index contributed by atoms with van der Waals surface area (Å²) in [5.41, 5.74) is 2.69. The molecule has 0 saturated carbocycles. The monoisotopic (exact) mass is 260 g/mol. The molecule has 1 fully saturated rings. The van der Waals surface area contributed by atoms with E-state index in [-0.39, 0.29) is 0 Å². The van der Waals surface area contributed by atoms with Gasteiger partial charge in [0.25, 0.3) is 0 Å². The minimum Gasteiger partial charge on any atom is -0.342 e. The van der Waals surface area contributed by atoms with Crippen molar-refractivity contribution in [3.8, 4) is 0 Å². The van der Waals surface area contributed by atoms with Crippen LogP contribution in [-0.2, 0) is 11.2 Å². The molecule has 1 atom stereocenters. The topological polar surface area (TPSA) is 32.3 Å². The number of nitrogens with zero attached hydrogens (tertiary/aromatic N) is 1. The van der Waals surface area contributed by atoms with E-state index in [9.17, 15) is 4.79 Å². The zero-order valence-electron chi connectivity index (χ0n) is 12.0. The number of hydrogen-bond donors (Lipinski definition) is 1. The summed E-state index contributed by atoms with van der Waals surface area (Å²) >= 11 is 0. The lowest BCUT2D eigenvalue weighted by Crippen LogP contribution is -2.36. The Hall–Kier alpha value is -1.35. The number of hydrogen-bond acceptors (Lipinski definition) is 2. The molecule has 0 bridgehead atoms. The van der Waals surface area contributed by atoms with Gasteiger partial charge in [-0.15, -0.1) is 0 Å². The third-order valence-corrected chi connectivity index (χ3v) is 4.03. The van der Waals surface area contributed by atoms with Crippen molar-refractivity contribution in [3.05, 3.63) is 35.4 Å². The molecule has 0 aromatic heterocycles. The van der Waals surface area contributed by atoms with E-state index in [1.807, 2.05) is 11.9 Å². The normalized spacial score (nSPS) is 17.6. The zero-order valence-corrected chi connectivity index (χ0v) is 12.0. The van der Waals surface area contributed by atoms with E-state index in [1.165, 1.54) is 11.1 Å². The first-order chi connectivity index (χ1) is 9.22. The van der Waals surface area contributed by atoms with Gasteiger partial charge in [-0.25, -0.2) is 0 Å². The van der Waals surface area contributed by atoms with Crippen LogP contribution in [0.4, 0.5) is 0 Å². The Kier molecular flexibility index (Phi) is 4.97. The number of carbonyl (C=O) groups is 1. The van der Waals surface area contributed by atoms with Gasteiger partial charge in [-0.2, -0.15) is 0 Å². The van der Waals surface area contributed by atoms with Crippen molar-refractivity contribution in [1.82, 2.24) is 10.2 Å². The van der Waals surface area contributed by atoms with Gasteiger partial charge >= 0.3 is 0 Å². The molecule has 1 heterocycles. The Labute approximate surface area is 116 Å². The van der Waals surface area contributed by atoms with Gasteiger partial charge in [0.2, 0.25) is 5.91 Å². The molecular weight excluding hydrogens is 236 g/mol. The lowest BCUT2D eigenvalue weighted by Gasteiger charge is -2.27. The van der Waals surface area contributed by atoms with Crippen LogP contribution in [0.15, 0.2) is 24.3 Å². The quantitative estimate of drug-likeness (QED) is 0.882. The van der Waals surface area contributed by atoms with Crippen molar-refractivity contribution in [2.24, 2.45) is 0 Å². The predicted octanol–water partition coefficient (Wildman–Crippen LogP) is 2.52. The fourth-order valence-corrected chi connectivity index (χ4v) is 2.69. The second-order valence-electron chi connectivity index (χ2n) is 5.30. The van der Waals surface area contributed by atoms with Crippen molar-refractivity contribution >= 4 is 5.91 Å². The third kappa shape index (κ3) is 3.57. The highest BCUT2D eigenvalue weighted by atomic mass is 16.2. The number of piperidine rings is 1. The first-order valence-electron chi connectivity index (χ1n) is 7.25. The van der Waals surface area contributed by atoms with Crippen LogP contribution >= 0.6 is 0 Å². The van der Waals surface area contributed by atoms with Crippen LogP contribution in [0.2, 0.25) is 0 Å². The lowest BCUT2D eigenvalue weighted by atomic mass is 9.98. The SMILES string of the molecule is CNC(C)c1ccccc1CCN1CCCCC1=O. The summed E-state index contributed by atoms with van der Waals surface area (Å²) in [6, 6.07) is 8.87. The maximum atomic E-state index is 11.8. The molecular formula is C16H24N2O. The van der Waals surface area contributed by atoms with E-state index < -0.39 is 0 Å². The molecule has 1 aromatic rings. The van der Waals surface area contributed by atoms with Crippen molar-refractivity contribution < 1.29 is 4.79 Å². The Balaban J connectivity index is 2.00. The summed E-state index contributed by atoms with van der Waals surface area (Å²) in [6.07, 6.45) is 3.89. The van der Waals surface area contributed by atoms with E-state index in [0.717, 1.165) is 38.8 Å². The fraction of sp³-hybridized carbons (Fsp3) is 0.562. The number of rotatable bonds is 5. The molecule has 1 aromatic carbocycles. The Morgan fingerprint density at radius 1 is 1.32 bits per heavy atom. The predicted molar refractivity (Wildman–Crippen MR) is 78.1 cm³/mol. The summed E-state index contributed by atoms with van der Waals surface area (Å²) in [5, 5.41) is 3.29. The van der Waals surface area contributed by atoms with Gasteiger partial charge in [0.1, 0.15) is 0 Å². The van der Waals surface area contributed by atoms with Gasteiger partial charge in [-0.05, 0) is 44.4 Å². The molecule has 3 nitrogen and oxygen atoms in total. The number of amides is 1. The average Bonchev–Trinajstić information content (AvgIpc) is 2.46. The maximum Gasteiger partial charge on any atom is 0.222 e. The first-order valence-corrected chi connectivity index (χ1v) is 7.25. The Bertz CT molecular complexity index is 431. The summed E-state index contributed by atoms with van der Waals surface area (Å²) in [5.74, 6) is 0.324. The van der Waals surface area contributed by atoms with Crippen LogP contribution in [0.1, 0.15) is 43.4 Å². The highest BCUT2D eigenvalue weighted by molar-refractivity contribution is 5.76. The minimum atomic E-state index is 0.324. The molecule has 1 aliphatic heterocycles. The van der Waals surface area contributed by atoms with Gasteiger partial charge in [0.15, 0.2) is 0 Å². The number of carbonyl (C=O) groups excluding carboxylic acids is 1.